The maximum absolute atomic E-state index is 4.12. The molecule has 0 unspecified atom stereocenters. The summed E-state index contributed by atoms with van der Waals surface area (Å²) in [7, 11) is 4.12. The molecule has 1 rings (SSSR count). The summed E-state index contributed by atoms with van der Waals surface area (Å²) in [5.41, 5.74) is 1.30. The predicted molar refractivity (Wildman–Crippen MR) is 50.1 cm³/mol. The Morgan fingerprint density at radius 1 is 1.58 bits per heavy atom. The molecular formula is C9H17N3. The van der Waals surface area contributed by atoms with Gasteiger partial charge in [0.25, 0.3) is 0 Å². The molecule has 0 aromatic carbocycles. The normalized spacial score (nSPS) is 11.0. The van der Waals surface area contributed by atoms with E-state index in [2.05, 4.69) is 30.0 Å². The molecule has 0 saturated carbocycles. The molecule has 0 saturated heterocycles. The summed E-state index contributed by atoms with van der Waals surface area (Å²) in [5.74, 6) is 0. The van der Waals surface area contributed by atoms with Crippen LogP contribution in [-0.4, -0.2) is 34.8 Å². The Morgan fingerprint density at radius 2 is 2.33 bits per heavy atom. The van der Waals surface area contributed by atoms with Crippen molar-refractivity contribution in [2.45, 2.75) is 13.3 Å². The molecule has 0 bridgehead atoms. The van der Waals surface area contributed by atoms with Gasteiger partial charge in [-0.15, -0.1) is 0 Å². The van der Waals surface area contributed by atoms with Gasteiger partial charge < -0.3 is 4.90 Å². The van der Waals surface area contributed by atoms with Crippen LogP contribution in [0.3, 0.4) is 0 Å². The Balaban J connectivity index is 2.38. The second-order valence-corrected chi connectivity index (χ2v) is 3.09. The fraction of sp³-hybridized carbons (Fsp3) is 0.667. The van der Waals surface area contributed by atoms with Crippen LogP contribution in [0, 0.1) is 0 Å². The number of rotatable bonds is 4. The second kappa shape index (κ2) is 4.26. The lowest BCUT2D eigenvalue weighted by Gasteiger charge is -2.12. The molecule has 3 nitrogen and oxygen atoms in total. The zero-order valence-corrected chi connectivity index (χ0v) is 8.12. The molecule has 68 valence electrons. The van der Waals surface area contributed by atoms with Gasteiger partial charge in [-0.25, -0.2) is 0 Å². The van der Waals surface area contributed by atoms with Gasteiger partial charge in [0.1, 0.15) is 0 Å². The van der Waals surface area contributed by atoms with Gasteiger partial charge in [0.2, 0.25) is 0 Å². The molecule has 1 aromatic rings. The monoisotopic (exact) mass is 167 g/mol. The number of nitrogens with zero attached hydrogens (tertiary/aromatic N) is 3. The van der Waals surface area contributed by atoms with Gasteiger partial charge in [-0.2, -0.15) is 5.10 Å². The first-order chi connectivity index (χ1) is 5.74. The van der Waals surface area contributed by atoms with Crippen molar-refractivity contribution in [2.75, 3.05) is 20.1 Å². The lowest BCUT2D eigenvalue weighted by Crippen LogP contribution is -2.21. The third kappa shape index (κ3) is 2.34. The van der Waals surface area contributed by atoms with Crippen molar-refractivity contribution in [3.05, 3.63) is 18.0 Å². The smallest absolute Gasteiger partial charge is 0.0492 e. The largest absolute Gasteiger partial charge is 0.306 e. The van der Waals surface area contributed by atoms with E-state index in [0.717, 1.165) is 19.5 Å². The average Bonchev–Trinajstić information content (AvgIpc) is 2.47. The van der Waals surface area contributed by atoms with Gasteiger partial charge >= 0.3 is 0 Å². The molecule has 0 amide bonds. The first-order valence-electron chi connectivity index (χ1n) is 4.39. The van der Waals surface area contributed by atoms with E-state index in [1.54, 1.807) is 0 Å². The number of likely N-dealkylation sites (N-methyl/N-ethyl adjacent to an activating group) is 1. The van der Waals surface area contributed by atoms with Crippen molar-refractivity contribution >= 4 is 0 Å². The molecule has 12 heavy (non-hydrogen) atoms. The Bertz CT molecular complexity index is 229. The first-order valence-corrected chi connectivity index (χ1v) is 4.39. The van der Waals surface area contributed by atoms with E-state index in [4.69, 9.17) is 0 Å². The number of hydrogen-bond donors (Lipinski definition) is 0. The fourth-order valence-electron chi connectivity index (χ4n) is 1.11. The van der Waals surface area contributed by atoms with E-state index < -0.39 is 0 Å². The van der Waals surface area contributed by atoms with Crippen molar-refractivity contribution in [2.24, 2.45) is 7.05 Å². The van der Waals surface area contributed by atoms with Crippen LogP contribution in [0.1, 0.15) is 12.6 Å². The Hall–Kier alpha value is -0.830. The predicted octanol–water partition coefficient (Wildman–Crippen LogP) is 0.914. The minimum absolute atomic E-state index is 1.08. The Labute approximate surface area is 74.0 Å². The van der Waals surface area contributed by atoms with E-state index in [9.17, 15) is 0 Å². The van der Waals surface area contributed by atoms with Crippen molar-refractivity contribution in [1.82, 2.24) is 14.7 Å². The Morgan fingerprint density at radius 3 is 2.83 bits per heavy atom. The molecule has 0 fully saturated rings. The van der Waals surface area contributed by atoms with E-state index in [-0.39, 0.29) is 0 Å². The molecule has 0 aliphatic rings. The summed E-state index contributed by atoms with van der Waals surface area (Å²) in [4.78, 5) is 2.30. The summed E-state index contributed by atoms with van der Waals surface area (Å²) in [6.45, 7) is 4.39. The SMILES string of the molecule is CCN(C)CCc1ccnn1C. The molecule has 3 heteroatoms. The zero-order valence-electron chi connectivity index (χ0n) is 8.12. The highest BCUT2D eigenvalue weighted by molar-refractivity contribution is 5.00. The van der Waals surface area contributed by atoms with Gasteiger partial charge in [-0.05, 0) is 19.7 Å². The fourth-order valence-corrected chi connectivity index (χ4v) is 1.11. The highest BCUT2D eigenvalue weighted by atomic mass is 15.3. The highest BCUT2D eigenvalue weighted by Gasteiger charge is 1.99. The van der Waals surface area contributed by atoms with Gasteiger partial charge in [0.05, 0.1) is 0 Å². The van der Waals surface area contributed by atoms with Crippen LogP contribution in [0.5, 0.6) is 0 Å². The molecule has 0 spiro atoms. The average molecular weight is 167 g/mol. The van der Waals surface area contributed by atoms with Crippen molar-refractivity contribution in [3.63, 3.8) is 0 Å². The molecule has 1 aromatic heterocycles. The van der Waals surface area contributed by atoms with E-state index in [1.807, 2.05) is 17.9 Å². The van der Waals surface area contributed by atoms with Crippen molar-refractivity contribution < 1.29 is 0 Å². The van der Waals surface area contributed by atoms with Crippen LogP contribution in [0.15, 0.2) is 12.3 Å². The number of hydrogen-bond acceptors (Lipinski definition) is 2. The van der Waals surface area contributed by atoms with Gasteiger partial charge in [0, 0.05) is 31.9 Å². The summed E-state index contributed by atoms with van der Waals surface area (Å²) < 4.78 is 1.93. The molecule has 0 N–H and O–H groups in total. The molecule has 0 radical (unpaired) electrons. The van der Waals surface area contributed by atoms with Crippen molar-refractivity contribution in [3.8, 4) is 0 Å². The molecule has 1 heterocycles. The standard InChI is InChI=1S/C9H17N3/c1-4-11(2)8-6-9-5-7-10-12(9)3/h5,7H,4,6,8H2,1-3H3. The van der Waals surface area contributed by atoms with Crippen LogP contribution < -0.4 is 0 Å². The van der Waals surface area contributed by atoms with Crippen LogP contribution in [0.2, 0.25) is 0 Å². The van der Waals surface area contributed by atoms with E-state index in [1.165, 1.54) is 5.69 Å². The van der Waals surface area contributed by atoms with Gasteiger partial charge in [-0.1, -0.05) is 6.92 Å². The maximum atomic E-state index is 4.12. The molecule has 0 atom stereocenters. The van der Waals surface area contributed by atoms with Crippen molar-refractivity contribution in [1.29, 1.82) is 0 Å². The summed E-state index contributed by atoms with van der Waals surface area (Å²) in [5, 5.41) is 4.12. The van der Waals surface area contributed by atoms with E-state index in [0.29, 0.717) is 0 Å². The van der Waals surface area contributed by atoms with Gasteiger partial charge in [-0.3, -0.25) is 4.68 Å². The second-order valence-electron chi connectivity index (χ2n) is 3.09. The third-order valence-electron chi connectivity index (χ3n) is 2.21. The lowest BCUT2D eigenvalue weighted by molar-refractivity contribution is 0.354. The summed E-state index contributed by atoms with van der Waals surface area (Å²) in [6, 6.07) is 2.07. The molecular weight excluding hydrogens is 150 g/mol. The van der Waals surface area contributed by atoms with Gasteiger partial charge in [0.15, 0.2) is 0 Å². The van der Waals surface area contributed by atoms with Crippen LogP contribution in [0.25, 0.3) is 0 Å². The third-order valence-corrected chi connectivity index (χ3v) is 2.21. The van der Waals surface area contributed by atoms with E-state index >= 15 is 0 Å². The topological polar surface area (TPSA) is 21.1 Å². The minimum atomic E-state index is 1.08. The molecule has 0 aliphatic heterocycles. The van der Waals surface area contributed by atoms with Crippen LogP contribution >= 0.6 is 0 Å². The quantitative estimate of drug-likeness (QED) is 0.664. The lowest BCUT2D eigenvalue weighted by atomic mass is 10.3. The van der Waals surface area contributed by atoms with Crippen LogP contribution in [0.4, 0.5) is 0 Å². The first kappa shape index (κ1) is 9.26. The Kier molecular flexibility index (Phi) is 3.29. The van der Waals surface area contributed by atoms with Crippen LogP contribution in [-0.2, 0) is 13.5 Å². The summed E-state index contributed by atoms with van der Waals surface area (Å²) in [6.07, 6.45) is 2.93. The number of aromatic nitrogens is 2. The molecule has 0 aliphatic carbocycles. The number of aryl methyl sites for hydroxylation is 1. The minimum Gasteiger partial charge on any atom is -0.306 e. The summed E-state index contributed by atoms with van der Waals surface area (Å²) >= 11 is 0. The highest BCUT2D eigenvalue weighted by Crippen LogP contribution is 1.98. The zero-order chi connectivity index (χ0) is 8.97. The maximum Gasteiger partial charge on any atom is 0.0492 e.